The fourth-order valence-corrected chi connectivity index (χ4v) is 0.756. The highest BCUT2D eigenvalue weighted by molar-refractivity contribution is 4.64. The SMILES string of the molecule is CC1NNCCN1C. The molecule has 1 heterocycles. The van der Waals surface area contributed by atoms with Gasteiger partial charge in [0.15, 0.2) is 0 Å². The van der Waals surface area contributed by atoms with Crippen molar-refractivity contribution in [2.75, 3.05) is 20.1 Å². The van der Waals surface area contributed by atoms with E-state index in [4.69, 9.17) is 0 Å². The predicted molar refractivity (Wildman–Crippen MR) is 33.2 cm³/mol. The van der Waals surface area contributed by atoms with E-state index in [2.05, 4.69) is 29.7 Å². The molecule has 1 unspecified atom stereocenters. The minimum atomic E-state index is 0.476. The van der Waals surface area contributed by atoms with Gasteiger partial charge in [0.05, 0.1) is 6.17 Å². The van der Waals surface area contributed by atoms with Crippen LogP contribution < -0.4 is 10.9 Å². The van der Waals surface area contributed by atoms with Crippen molar-refractivity contribution in [1.82, 2.24) is 15.8 Å². The normalized spacial score (nSPS) is 33.0. The lowest BCUT2D eigenvalue weighted by Crippen LogP contribution is -2.56. The van der Waals surface area contributed by atoms with E-state index in [1.807, 2.05) is 0 Å². The maximum Gasteiger partial charge on any atom is 0.0698 e. The molecule has 1 rings (SSSR count). The highest BCUT2D eigenvalue weighted by Gasteiger charge is 2.10. The Hall–Kier alpha value is -0.120. The lowest BCUT2D eigenvalue weighted by Gasteiger charge is -2.30. The van der Waals surface area contributed by atoms with Crippen molar-refractivity contribution in [1.29, 1.82) is 0 Å². The molecule has 2 N–H and O–H groups in total. The van der Waals surface area contributed by atoms with Crippen LogP contribution >= 0.6 is 0 Å². The molecule has 3 heteroatoms. The number of nitrogens with one attached hydrogen (secondary N) is 2. The van der Waals surface area contributed by atoms with Crippen LogP contribution in [0.3, 0.4) is 0 Å². The summed E-state index contributed by atoms with van der Waals surface area (Å²) in [6, 6.07) is 0. The number of hydrazine groups is 1. The number of hydrogen-bond donors (Lipinski definition) is 2. The van der Waals surface area contributed by atoms with E-state index in [0.29, 0.717) is 6.17 Å². The van der Waals surface area contributed by atoms with Crippen LogP contribution in [0, 0.1) is 0 Å². The van der Waals surface area contributed by atoms with Crippen molar-refractivity contribution in [2.45, 2.75) is 13.1 Å². The van der Waals surface area contributed by atoms with E-state index >= 15 is 0 Å². The summed E-state index contributed by atoms with van der Waals surface area (Å²) in [4.78, 5) is 2.26. The number of hydrogen-bond acceptors (Lipinski definition) is 3. The van der Waals surface area contributed by atoms with E-state index in [1.54, 1.807) is 0 Å². The Morgan fingerprint density at radius 3 is 2.75 bits per heavy atom. The molecular weight excluding hydrogens is 102 g/mol. The number of likely N-dealkylation sites (N-methyl/N-ethyl adjacent to an activating group) is 1. The first kappa shape index (κ1) is 6.01. The zero-order valence-electron chi connectivity index (χ0n) is 5.44. The molecule has 0 aliphatic carbocycles. The molecule has 3 nitrogen and oxygen atoms in total. The van der Waals surface area contributed by atoms with Crippen molar-refractivity contribution in [3.05, 3.63) is 0 Å². The minimum absolute atomic E-state index is 0.476. The highest BCUT2D eigenvalue weighted by atomic mass is 15.5. The van der Waals surface area contributed by atoms with Crippen LogP contribution in [0.2, 0.25) is 0 Å². The topological polar surface area (TPSA) is 27.3 Å². The van der Waals surface area contributed by atoms with Gasteiger partial charge in [0.1, 0.15) is 0 Å². The predicted octanol–water partition coefficient (Wildman–Crippen LogP) is -0.628. The number of nitrogens with zero attached hydrogens (tertiary/aromatic N) is 1. The van der Waals surface area contributed by atoms with Crippen molar-refractivity contribution in [3.63, 3.8) is 0 Å². The Morgan fingerprint density at radius 1 is 1.62 bits per heavy atom. The standard InChI is InChI=1S/C5H13N3/c1-5-7-6-3-4-8(5)2/h5-7H,3-4H2,1-2H3. The van der Waals surface area contributed by atoms with Gasteiger partial charge in [-0.3, -0.25) is 10.3 Å². The Morgan fingerprint density at radius 2 is 2.38 bits per heavy atom. The molecule has 1 saturated heterocycles. The average molecular weight is 115 g/mol. The van der Waals surface area contributed by atoms with E-state index in [-0.39, 0.29) is 0 Å². The fourth-order valence-electron chi connectivity index (χ4n) is 0.756. The summed E-state index contributed by atoms with van der Waals surface area (Å²) in [7, 11) is 2.11. The van der Waals surface area contributed by atoms with Crippen LogP contribution in [0.4, 0.5) is 0 Å². The van der Waals surface area contributed by atoms with Gasteiger partial charge < -0.3 is 0 Å². The first-order valence-electron chi connectivity index (χ1n) is 2.99. The van der Waals surface area contributed by atoms with Crippen molar-refractivity contribution < 1.29 is 0 Å². The maximum atomic E-state index is 3.11. The molecule has 0 aromatic heterocycles. The van der Waals surface area contributed by atoms with Crippen LogP contribution in [-0.4, -0.2) is 31.2 Å². The van der Waals surface area contributed by atoms with Gasteiger partial charge >= 0.3 is 0 Å². The second-order valence-corrected chi connectivity index (χ2v) is 2.23. The molecule has 0 aromatic rings. The van der Waals surface area contributed by atoms with Crippen molar-refractivity contribution >= 4 is 0 Å². The van der Waals surface area contributed by atoms with Crippen LogP contribution in [0.25, 0.3) is 0 Å². The molecule has 0 amide bonds. The zero-order valence-corrected chi connectivity index (χ0v) is 5.44. The Balaban J connectivity index is 2.28. The molecule has 1 atom stereocenters. The van der Waals surface area contributed by atoms with Crippen LogP contribution in [0.15, 0.2) is 0 Å². The summed E-state index contributed by atoms with van der Waals surface area (Å²) in [5.41, 5.74) is 6.18. The molecule has 0 spiro atoms. The average Bonchev–Trinajstić information content (AvgIpc) is 1.77. The molecule has 0 saturated carbocycles. The summed E-state index contributed by atoms with van der Waals surface area (Å²) in [5.74, 6) is 0. The summed E-state index contributed by atoms with van der Waals surface area (Å²) in [6.45, 7) is 4.31. The molecule has 8 heavy (non-hydrogen) atoms. The van der Waals surface area contributed by atoms with Gasteiger partial charge in [-0.25, -0.2) is 5.43 Å². The van der Waals surface area contributed by atoms with E-state index in [9.17, 15) is 0 Å². The van der Waals surface area contributed by atoms with E-state index in [0.717, 1.165) is 13.1 Å². The quantitative estimate of drug-likeness (QED) is 0.440. The molecule has 48 valence electrons. The molecule has 0 bridgehead atoms. The lowest BCUT2D eigenvalue weighted by molar-refractivity contribution is 0.156. The van der Waals surface area contributed by atoms with Crippen molar-refractivity contribution in [3.8, 4) is 0 Å². The molecule has 1 aliphatic heterocycles. The molecule has 1 fully saturated rings. The van der Waals surface area contributed by atoms with Crippen LogP contribution in [0.5, 0.6) is 0 Å². The third-order valence-electron chi connectivity index (χ3n) is 1.56. The largest absolute Gasteiger partial charge is 0.289 e. The lowest BCUT2D eigenvalue weighted by atomic mass is 10.4. The van der Waals surface area contributed by atoms with Crippen LogP contribution in [-0.2, 0) is 0 Å². The Bertz CT molecular complexity index is 64.1. The van der Waals surface area contributed by atoms with Gasteiger partial charge in [-0.2, -0.15) is 0 Å². The van der Waals surface area contributed by atoms with Crippen molar-refractivity contribution in [2.24, 2.45) is 0 Å². The Kier molecular flexibility index (Phi) is 1.83. The molecule has 0 aromatic carbocycles. The van der Waals surface area contributed by atoms with E-state index < -0.39 is 0 Å². The van der Waals surface area contributed by atoms with Gasteiger partial charge in [-0.1, -0.05) is 0 Å². The smallest absolute Gasteiger partial charge is 0.0698 e. The monoisotopic (exact) mass is 115 g/mol. The zero-order chi connectivity index (χ0) is 5.98. The van der Waals surface area contributed by atoms with Gasteiger partial charge in [0.2, 0.25) is 0 Å². The first-order chi connectivity index (χ1) is 3.80. The summed E-state index contributed by atoms with van der Waals surface area (Å²) in [6.07, 6.45) is 0.476. The third-order valence-corrected chi connectivity index (χ3v) is 1.56. The third kappa shape index (κ3) is 1.18. The second kappa shape index (κ2) is 2.44. The Labute approximate surface area is 50.0 Å². The maximum absolute atomic E-state index is 3.11. The summed E-state index contributed by atoms with van der Waals surface area (Å²) < 4.78 is 0. The summed E-state index contributed by atoms with van der Waals surface area (Å²) in [5, 5.41) is 0. The molecule has 0 radical (unpaired) electrons. The number of rotatable bonds is 0. The van der Waals surface area contributed by atoms with Gasteiger partial charge in [0.25, 0.3) is 0 Å². The summed E-state index contributed by atoms with van der Waals surface area (Å²) >= 11 is 0. The van der Waals surface area contributed by atoms with Crippen LogP contribution in [0.1, 0.15) is 6.92 Å². The fraction of sp³-hybridized carbons (Fsp3) is 1.00. The van der Waals surface area contributed by atoms with E-state index in [1.165, 1.54) is 0 Å². The van der Waals surface area contributed by atoms with Gasteiger partial charge in [-0.05, 0) is 14.0 Å². The first-order valence-corrected chi connectivity index (χ1v) is 2.99. The molecule has 1 aliphatic rings. The van der Waals surface area contributed by atoms with Gasteiger partial charge in [0, 0.05) is 13.1 Å². The minimum Gasteiger partial charge on any atom is -0.289 e. The highest BCUT2D eigenvalue weighted by Crippen LogP contribution is 1.90. The molecular formula is C5H13N3. The van der Waals surface area contributed by atoms with Gasteiger partial charge in [-0.15, -0.1) is 0 Å². The second-order valence-electron chi connectivity index (χ2n) is 2.23.